The van der Waals surface area contributed by atoms with Crippen LogP contribution in [0.25, 0.3) is 11.3 Å². The van der Waals surface area contributed by atoms with Gasteiger partial charge in [0.15, 0.2) is 0 Å². The predicted octanol–water partition coefficient (Wildman–Crippen LogP) is 3.70. The lowest BCUT2D eigenvalue weighted by Gasteiger charge is -2.25. The monoisotopic (exact) mass is 426 g/mol. The molecule has 160 valence electrons. The fraction of sp³-hybridized carbons (Fsp3) is 0.217. The molecule has 0 atom stereocenters. The van der Waals surface area contributed by atoms with Gasteiger partial charge in [-0.05, 0) is 54.0 Å². The van der Waals surface area contributed by atoms with Crippen molar-refractivity contribution in [2.75, 3.05) is 19.6 Å². The lowest BCUT2D eigenvalue weighted by atomic mass is 10.0. The van der Waals surface area contributed by atoms with E-state index in [-0.39, 0.29) is 24.8 Å². The van der Waals surface area contributed by atoms with Crippen LogP contribution in [0, 0.1) is 17.5 Å². The van der Waals surface area contributed by atoms with Crippen molar-refractivity contribution in [1.29, 1.82) is 0 Å². The summed E-state index contributed by atoms with van der Waals surface area (Å²) >= 11 is 0. The predicted molar refractivity (Wildman–Crippen MR) is 111 cm³/mol. The van der Waals surface area contributed by atoms with E-state index < -0.39 is 11.6 Å². The molecule has 0 saturated carbocycles. The maximum atomic E-state index is 13.2. The molecule has 31 heavy (non-hydrogen) atoms. The minimum Gasteiger partial charge on any atom is -0.351 e. The first-order valence-electron chi connectivity index (χ1n) is 9.90. The summed E-state index contributed by atoms with van der Waals surface area (Å²) in [4.78, 5) is 14.2. The first kappa shape index (κ1) is 20.9. The number of halogens is 3. The van der Waals surface area contributed by atoms with Crippen LogP contribution in [0.3, 0.4) is 0 Å². The van der Waals surface area contributed by atoms with Crippen molar-refractivity contribution in [2.24, 2.45) is 0 Å². The van der Waals surface area contributed by atoms with Gasteiger partial charge in [-0.3, -0.25) is 9.69 Å². The molecular formula is C23H21F3N4O. The second-order valence-electron chi connectivity index (χ2n) is 7.42. The molecule has 8 heteroatoms. The van der Waals surface area contributed by atoms with Gasteiger partial charge in [-0.25, -0.2) is 17.9 Å². The second-order valence-corrected chi connectivity index (χ2v) is 7.42. The first-order chi connectivity index (χ1) is 15.0. The summed E-state index contributed by atoms with van der Waals surface area (Å²) in [5.41, 5.74) is 3.28. The van der Waals surface area contributed by atoms with Crippen LogP contribution >= 0.6 is 0 Å². The molecule has 2 aromatic carbocycles. The average molecular weight is 426 g/mol. The van der Waals surface area contributed by atoms with Gasteiger partial charge in [0.1, 0.15) is 17.5 Å². The zero-order chi connectivity index (χ0) is 21.8. The lowest BCUT2D eigenvalue weighted by Crippen LogP contribution is -2.39. The Morgan fingerprint density at radius 2 is 1.77 bits per heavy atom. The molecular weight excluding hydrogens is 405 g/mol. The van der Waals surface area contributed by atoms with E-state index in [0.717, 1.165) is 29.3 Å². The summed E-state index contributed by atoms with van der Waals surface area (Å²) in [6, 6.07) is 9.32. The van der Waals surface area contributed by atoms with Gasteiger partial charge < -0.3 is 5.32 Å². The number of hydrogen-bond donors (Lipinski definition) is 1. The fourth-order valence-corrected chi connectivity index (χ4v) is 3.51. The van der Waals surface area contributed by atoms with Crippen molar-refractivity contribution in [3.05, 3.63) is 89.5 Å². The molecule has 0 unspecified atom stereocenters. The highest BCUT2D eigenvalue weighted by Gasteiger charge is 2.17. The zero-order valence-electron chi connectivity index (χ0n) is 16.7. The summed E-state index contributed by atoms with van der Waals surface area (Å²) in [5.74, 6) is -1.83. The van der Waals surface area contributed by atoms with Crippen LogP contribution in [-0.4, -0.2) is 40.2 Å². The number of benzene rings is 2. The van der Waals surface area contributed by atoms with Crippen molar-refractivity contribution in [1.82, 2.24) is 20.0 Å². The van der Waals surface area contributed by atoms with Gasteiger partial charge in [0, 0.05) is 37.5 Å². The Kier molecular flexibility index (Phi) is 6.18. The SMILES string of the molecule is O=C(CN1CC=C(c2cnn(-c3ccc(F)cc3)c2)CC1)NCc1cc(F)cc(F)c1. The maximum Gasteiger partial charge on any atom is 0.234 e. The number of nitrogens with zero attached hydrogens (tertiary/aromatic N) is 3. The number of rotatable bonds is 6. The Labute approximate surface area is 177 Å². The highest BCUT2D eigenvalue weighted by atomic mass is 19.1. The third-order valence-electron chi connectivity index (χ3n) is 5.12. The summed E-state index contributed by atoms with van der Waals surface area (Å²) < 4.78 is 41.2. The molecule has 0 bridgehead atoms. The molecule has 2 heterocycles. The van der Waals surface area contributed by atoms with Crippen LogP contribution < -0.4 is 5.32 Å². The Bertz CT molecular complexity index is 1090. The van der Waals surface area contributed by atoms with E-state index >= 15 is 0 Å². The summed E-state index contributed by atoms with van der Waals surface area (Å²) in [7, 11) is 0. The van der Waals surface area contributed by atoms with Crippen LogP contribution in [0.1, 0.15) is 17.5 Å². The second kappa shape index (κ2) is 9.18. The standard InChI is InChI=1S/C23H21F3N4O/c24-19-1-3-22(4-2-19)30-14-18(13-28-30)17-5-7-29(8-6-17)15-23(31)27-12-16-9-20(25)11-21(26)10-16/h1-5,9-11,13-14H,6-8,12,15H2,(H,27,31). The van der Waals surface area contributed by atoms with Crippen LogP contribution in [0.5, 0.6) is 0 Å². The van der Waals surface area contributed by atoms with Gasteiger partial charge in [-0.1, -0.05) is 6.08 Å². The van der Waals surface area contributed by atoms with E-state index in [2.05, 4.69) is 16.5 Å². The number of carbonyl (C=O) groups is 1. The molecule has 0 radical (unpaired) electrons. The van der Waals surface area contributed by atoms with E-state index in [1.54, 1.807) is 23.0 Å². The van der Waals surface area contributed by atoms with E-state index in [1.165, 1.54) is 24.3 Å². The molecule has 1 amide bonds. The van der Waals surface area contributed by atoms with Crippen LogP contribution in [0.4, 0.5) is 13.2 Å². The van der Waals surface area contributed by atoms with Crippen molar-refractivity contribution in [2.45, 2.75) is 13.0 Å². The van der Waals surface area contributed by atoms with Crippen LogP contribution in [-0.2, 0) is 11.3 Å². The van der Waals surface area contributed by atoms with Gasteiger partial charge in [0.25, 0.3) is 0 Å². The molecule has 1 aliphatic heterocycles. The van der Waals surface area contributed by atoms with Gasteiger partial charge in [0.2, 0.25) is 5.91 Å². The normalized spacial score (nSPS) is 14.4. The molecule has 4 rings (SSSR count). The Morgan fingerprint density at radius 1 is 1.03 bits per heavy atom. The van der Waals surface area contributed by atoms with Crippen molar-refractivity contribution in [3.63, 3.8) is 0 Å². The minimum atomic E-state index is -0.666. The van der Waals surface area contributed by atoms with E-state index in [1.807, 2.05) is 11.1 Å². The van der Waals surface area contributed by atoms with Gasteiger partial charge in [0.05, 0.1) is 18.4 Å². The van der Waals surface area contributed by atoms with Crippen LogP contribution in [0.2, 0.25) is 0 Å². The number of amides is 1. The molecule has 5 nitrogen and oxygen atoms in total. The lowest BCUT2D eigenvalue weighted by molar-refractivity contribution is -0.122. The molecule has 0 spiro atoms. The molecule has 0 fully saturated rings. The Morgan fingerprint density at radius 3 is 2.45 bits per heavy atom. The van der Waals surface area contributed by atoms with Crippen molar-refractivity contribution in [3.8, 4) is 5.69 Å². The van der Waals surface area contributed by atoms with Crippen molar-refractivity contribution >= 4 is 11.5 Å². The third kappa shape index (κ3) is 5.40. The number of carbonyl (C=O) groups excluding carboxylic acids is 1. The van der Waals surface area contributed by atoms with E-state index in [4.69, 9.17) is 0 Å². The number of hydrogen-bond acceptors (Lipinski definition) is 3. The third-order valence-corrected chi connectivity index (χ3v) is 5.12. The number of aromatic nitrogens is 2. The highest BCUT2D eigenvalue weighted by molar-refractivity contribution is 5.78. The fourth-order valence-electron chi connectivity index (χ4n) is 3.51. The molecule has 1 N–H and O–H groups in total. The minimum absolute atomic E-state index is 0.0744. The van der Waals surface area contributed by atoms with Gasteiger partial charge in [-0.15, -0.1) is 0 Å². The summed E-state index contributed by atoms with van der Waals surface area (Å²) in [6.07, 6.45) is 6.50. The summed E-state index contributed by atoms with van der Waals surface area (Å²) in [5, 5.41) is 7.04. The Balaban J connectivity index is 1.30. The zero-order valence-corrected chi connectivity index (χ0v) is 16.7. The van der Waals surface area contributed by atoms with E-state index in [9.17, 15) is 18.0 Å². The van der Waals surface area contributed by atoms with Gasteiger partial charge in [-0.2, -0.15) is 5.10 Å². The maximum absolute atomic E-state index is 13.2. The highest BCUT2D eigenvalue weighted by Crippen LogP contribution is 2.23. The van der Waals surface area contributed by atoms with Crippen LogP contribution in [0.15, 0.2) is 60.9 Å². The molecule has 0 aliphatic carbocycles. The topological polar surface area (TPSA) is 50.2 Å². The summed E-state index contributed by atoms with van der Waals surface area (Å²) in [6.45, 7) is 1.59. The smallest absolute Gasteiger partial charge is 0.234 e. The molecule has 0 saturated heterocycles. The Hall–Kier alpha value is -3.39. The molecule has 1 aliphatic rings. The quantitative estimate of drug-likeness (QED) is 0.654. The number of nitrogens with one attached hydrogen (secondary N) is 1. The van der Waals surface area contributed by atoms with Crippen molar-refractivity contribution < 1.29 is 18.0 Å². The first-order valence-corrected chi connectivity index (χ1v) is 9.90. The average Bonchev–Trinajstić information content (AvgIpc) is 3.23. The largest absolute Gasteiger partial charge is 0.351 e. The van der Waals surface area contributed by atoms with E-state index in [0.29, 0.717) is 18.7 Å². The molecule has 3 aromatic rings. The molecule has 1 aromatic heterocycles. The van der Waals surface area contributed by atoms with Gasteiger partial charge >= 0.3 is 0 Å².